The second-order valence-corrected chi connectivity index (χ2v) is 5.81. The summed E-state index contributed by atoms with van der Waals surface area (Å²) in [5, 5.41) is 0. The monoisotopic (exact) mass is 296 g/mol. The summed E-state index contributed by atoms with van der Waals surface area (Å²) in [6, 6.07) is 21.5. The van der Waals surface area contributed by atoms with E-state index in [1.807, 2.05) is 0 Å². The summed E-state index contributed by atoms with van der Waals surface area (Å²) in [5.74, 6) is 0. The van der Waals surface area contributed by atoms with E-state index in [9.17, 15) is 0 Å². The van der Waals surface area contributed by atoms with Crippen molar-refractivity contribution in [3.8, 4) is 0 Å². The minimum atomic E-state index is 0.747. The third-order valence-electron chi connectivity index (χ3n) is 4.01. The smallest absolute Gasteiger partial charge is 0.0105 e. The molecule has 0 aliphatic rings. The molecule has 0 saturated carbocycles. The molecule has 0 unspecified atom stereocenters. The van der Waals surface area contributed by atoms with Gasteiger partial charge in [-0.2, -0.15) is 0 Å². The van der Waals surface area contributed by atoms with Crippen LogP contribution in [0.2, 0.25) is 0 Å². The Bertz CT molecular complexity index is 450. The van der Waals surface area contributed by atoms with Crippen molar-refractivity contribution in [3.63, 3.8) is 0 Å². The number of nitrogens with zero attached hydrogens (tertiary/aromatic N) is 1. The molecular formula is C20H28N2. The summed E-state index contributed by atoms with van der Waals surface area (Å²) in [7, 11) is 0. The van der Waals surface area contributed by atoms with Gasteiger partial charge < -0.3 is 10.6 Å². The molecule has 0 spiro atoms. The standard InChI is InChI=1S/C20H28N2/c21-15-18-22(16-7-13-19-9-3-1-4-10-19)17-8-14-20-11-5-2-6-12-20/h1-6,9-12H,7-8,13-18,21H2. The molecule has 0 fully saturated rings. The van der Waals surface area contributed by atoms with Gasteiger partial charge in [-0.1, -0.05) is 60.7 Å². The van der Waals surface area contributed by atoms with Crippen LogP contribution in [0.1, 0.15) is 24.0 Å². The van der Waals surface area contributed by atoms with Crippen LogP contribution in [-0.4, -0.2) is 31.1 Å². The van der Waals surface area contributed by atoms with Gasteiger partial charge in [-0.05, 0) is 49.9 Å². The lowest BCUT2D eigenvalue weighted by molar-refractivity contribution is 0.274. The van der Waals surface area contributed by atoms with Crippen molar-refractivity contribution in [2.45, 2.75) is 25.7 Å². The Balaban J connectivity index is 1.68. The van der Waals surface area contributed by atoms with Crippen LogP contribution in [0.25, 0.3) is 0 Å². The lowest BCUT2D eigenvalue weighted by Gasteiger charge is -2.21. The van der Waals surface area contributed by atoms with E-state index in [2.05, 4.69) is 65.6 Å². The fraction of sp³-hybridized carbons (Fsp3) is 0.400. The van der Waals surface area contributed by atoms with Crippen LogP contribution in [0.4, 0.5) is 0 Å². The highest BCUT2D eigenvalue weighted by atomic mass is 15.1. The number of nitrogens with two attached hydrogens (primary N) is 1. The predicted molar refractivity (Wildman–Crippen MR) is 95.0 cm³/mol. The van der Waals surface area contributed by atoms with E-state index in [1.54, 1.807) is 0 Å². The second-order valence-electron chi connectivity index (χ2n) is 5.81. The fourth-order valence-corrected chi connectivity index (χ4v) is 2.82. The van der Waals surface area contributed by atoms with Crippen LogP contribution in [0.3, 0.4) is 0 Å². The molecule has 2 heteroatoms. The highest BCUT2D eigenvalue weighted by Gasteiger charge is 2.04. The maximum absolute atomic E-state index is 5.75. The Hall–Kier alpha value is -1.64. The third-order valence-corrected chi connectivity index (χ3v) is 4.01. The van der Waals surface area contributed by atoms with Gasteiger partial charge in [0.15, 0.2) is 0 Å². The number of aryl methyl sites for hydroxylation is 2. The molecule has 118 valence electrons. The quantitative estimate of drug-likeness (QED) is 0.727. The molecule has 2 aromatic carbocycles. The van der Waals surface area contributed by atoms with Gasteiger partial charge in [0.25, 0.3) is 0 Å². The van der Waals surface area contributed by atoms with Crippen LogP contribution in [0, 0.1) is 0 Å². The second kappa shape index (κ2) is 10.1. The van der Waals surface area contributed by atoms with Crippen molar-refractivity contribution in [1.82, 2.24) is 4.90 Å². The molecule has 2 N–H and O–H groups in total. The number of benzene rings is 2. The topological polar surface area (TPSA) is 29.3 Å². The Kier molecular flexibility index (Phi) is 7.71. The maximum Gasteiger partial charge on any atom is 0.0105 e. The van der Waals surface area contributed by atoms with Crippen molar-refractivity contribution < 1.29 is 0 Å². The Morgan fingerprint density at radius 3 is 1.50 bits per heavy atom. The van der Waals surface area contributed by atoms with Crippen LogP contribution in [-0.2, 0) is 12.8 Å². The molecule has 0 bridgehead atoms. The van der Waals surface area contributed by atoms with E-state index in [4.69, 9.17) is 5.73 Å². The van der Waals surface area contributed by atoms with Gasteiger partial charge >= 0.3 is 0 Å². The molecule has 22 heavy (non-hydrogen) atoms. The summed E-state index contributed by atoms with van der Waals surface area (Å²) in [5.41, 5.74) is 8.61. The van der Waals surface area contributed by atoms with E-state index >= 15 is 0 Å². The molecule has 2 nitrogen and oxygen atoms in total. The Morgan fingerprint density at radius 1 is 0.636 bits per heavy atom. The van der Waals surface area contributed by atoms with Crippen LogP contribution in [0.15, 0.2) is 60.7 Å². The van der Waals surface area contributed by atoms with Crippen LogP contribution >= 0.6 is 0 Å². The fourth-order valence-electron chi connectivity index (χ4n) is 2.82. The van der Waals surface area contributed by atoms with Crippen molar-refractivity contribution >= 4 is 0 Å². The normalized spacial score (nSPS) is 11.0. The summed E-state index contributed by atoms with van der Waals surface area (Å²) < 4.78 is 0. The maximum atomic E-state index is 5.75. The molecule has 0 atom stereocenters. The minimum Gasteiger partial charge on any atom is -0.329 e. The zero-order chi connectivity index (χ0) is 15.5. The van der Waals surface area contributed by atoms with Gasteiger partial charge in [0.2, 0.25) is 0 Å². The van der Waals surface area contributed by atoms with E-state index in [1.165, 1.54) is 24.0 Å². The first-order chi connectivity index (χ1) is 10.9. The first-order valence-electron chi connectivity index (χ1n) is 8.39. The molecule has 0 saturated heterocycles. The predicted octanol–water partition coefficient (Wildman–Crippen LogP) is 3.51. The molecular weight excluding hydrogens is 268 g/mol. The molecule has 0 amide bonds. The molecule has 0 aliphatic carbocycles. The van der Waals surface area contributed by atoms with Crippen molar-refractivity contribution in [2.24, 2.45) is 5.73 Å². The number of rotatable bonds is 10. The van der Waals surface area contributed by atoms with Gasteiger partial charge in [0.05, 0.1) is 0 Å². The van der Waals surface area contributed by atoms with Gasteiger partial charge in [-0.25, -0.2) is 0 Å². The summed E-state index contributed by atoms with van der Waals surface area (Å²) in [4.78, 5) is 2.51. The lowest BCUT2D eigenvalue weighted by Crippen LogP contribution is -2.31. The van der Waals surface area contributed by atoms with Crippen molar-refractivity contribution in [3.05, 3.63) is 71.8 Å². The van der Waals surface area contributed by atoms with E-state index in [0.29, 0.717) is 0 Å². The van der Waals surface area contributed by atoms with Gasteiger partial charge in [0.1, 0.15) is 0 Å². The minimum absolute atomic E-state index is 0.747. The third kappa shape index (κ3) is 6.42. The lowest BCUT2D eigenvalue weighted by atomic mass is 10.1. The molecule has 0 aromatic heterocycles. The van der Waals surface area contributed by atoms with Crippen molar-refractivity contribution in [1.29, 1.82) is 0 Å². The summed E-state index contributed by atoms with van der Waals surface area (Å²) >= 11 is 0. The zero-order valence-electron chi connectivity index (χ0n) is 13.5. The first-order valence-corrected chi connectivity index (χ1v) is 8.39. The Morgan fingerprint density at radius 2 is 1.09 bits per heavy atom. The summed E-state index contributed by atoms with van der Waals surface area (Å²) in [6.07, 6.45) is 4.71. The number of hydrogen-bond acceptors (Lipinski definition) is 2. The molecule has 0 heterocycles. The van der Waals surface area contributed by atoms with E-state index in [0.717, 1.165) is 39.0 Å². The molecule has 2 aromatic rings. The average Bonchev–Trinajstić information content (AvgIpc) is 2.57. The zero-order valence-corrected chi connectivity index (χ0v) is 13.5. The van der Waals surface area contributed by atoms with E-state index in [-0.39, 0.29) is 0 Å². The summed E-state index contributed by atoms with van der Waals surface area (Å²) in [6.45, 7) is 4.03. The van der Waals surface area contributed by atoms with Gasteiger partial charge in [-0.15, -0.1) is 0 Å². The average molecular weight is 296 g/mol. The SMILES string of the molecule is NCCN(CCCc1ccccc1)CCCc1ccccc1. The van der Waals surface area contributed by atoms with Gasteiger partial charge in [-0.3, -0.25) is 0 Å². The van der Waals surface area contributed by atoms with Gasteiger partial charge in [0, 0.05) is 13.1 Å². The molecule has 2 rings (SSSR count). The van der Waals surface area contributed by atoms with E-state index < -0.39 is 0 Å². The Labute approximate surface area is 135 Å². The highest BCUT2D eigenvalue weighted by molar-refractivity contribution is 5.15. The number of hydrogen-bond donors (Lipinski definition) is 1. The van der Waals surface area contributed by atoms with Crippen molar-refractivity contribution in [2.75, 3.05) is 26.2 Å². The largest absolute Gasteiger partial charge is 0.329 e. The van der Waals surface area contributed by atoms with Crippen LogP contribution in [0.5, 0.6) is 0 Å². The van der Waals surface area contributed by atoms with Crippen LogP contribution < -0.4 is 5.73 Å². The molecule has 0 aliphatic heterocycles. The first kappa shape index (κ1) is 16.7. The molecule has 0 radical (unpaired) electrons. The highest BCUT2D eigenvalue weighted by Crippen LogP contribution is 2.06.